The van der Waals surface area contributed by atoms with Crippen LogP contribution in [0.2, 0.25) is 0 Å². The zero-order chi connectivity index (χ0) is 15.1. The number of allylic oxidation sites excluding steroid dienone is 1. The van der Waals surface area contributed by atoms with E-state index in [9.17, 15) is 13.2 Å². The summed E-state index contributed by atoms with van der Waals surface area (Å²) in [5, 5.41) is 3.80. The number of nitrogens with zero attached hydrogens (tertiary/aromatic N) is 1. The quantitative estimate of drug-likeness (QED) is 0.663. The Labute approximate surface area is 124 Å². The molecule has 1 aromatic rings. The number of nitrogens with one attached hydrogen (secondary N) is 1. The molecule has 1 aromatic carbocycles. The molecule has 1 fully saturated rings. The number of sulfone groups is 1. The summed E-state index contributed by atoms with van der Waals surface area (Å²) in [5.41, 5.74) is 3.46. The van der Waals surface area contributed by atoms with Crippen molar-refractivity contribution in [2.24, 2.45) is 11.0 Å². The zero-order valence-corrected chi connectivity index (χ0v) is 12.4. The van der Waals surface area contributed by atoms with Gasteiger partial charge in [0.05, 0.1) is 11.5 Å². The van der Waals surface area contributed by atoms with Gasteiger partial charge in [-0.2, -0.15) is 5.10 Å². The fourth-order valence-corrected chi connectivity index (χ4v) is 4.07. The van der Waals surface area contributed by atoms with Gasteiger partial charge in [0.25, 0.3) is 0 Å². The third-order valence-corrected chi connectivity index (χ3v) is 5.08. The Balaban J connectivity index is 1.72. The first-order chi connectivity index (χ1) is 10.1. The van der Waals surface area contributed by atoms with Crippen LogP contribution in [-0.4, -0.2) is 32.0 Å². The van der Waals surface area contributed by atoms with Crippen molar-refractivity contribution >= 4 is 28.0 Å². The predicted octanol–water partition coefficient (Wildman–Crippen LogP) is 1.63. The average Bonchev–Trinajstić information content (AvgIpc) is 2.78. The van der Waals surface area contributed by atoms with Gasteiger partial charge < -0.3 is 0 Å². The minimum absolute atomic E-state index is 0.0786. The Bertz CT molecular complexity index is 636. The number of benzene rings is 1. The maximum atomic E-state index is 11.6. The standard InChI is InChI=1S/C15H18N2O3S/c18-15(11-14-8-10-21(19,20)12-14)17-16-9-4-7-13-5-2-1-3-6-13/h1-7,9,14H,8,10-12H2,(H,17,18)/b7-4+,16-9-/t14-/m0/s1. The second kappa shape index (κ2) is 7.17. The summed E-state index contributed by atoms with van der Waals surface area (Å²) in [5.74, 6) is -0.0296. The van der Waals surface area contributed by atoms with Crippen molar-refractivity contribution < 1.29 is 13.2 Å². The second-order valence-electron chi connectivity index (χ2n) is 5.06. The fraction of sp³-hybridized carbons (Fsp3) is 0.333. The van der Waals surface area contributed by atoms with Crippen LogP contribution in [0.4, 0.5) is 0 Å². The largest absolute Gasteiger partial charge is 0.273 e. The Morgan fingerprint density at radius 1 is 1.33 bits per heavy atom. The van der Waals surface area contributed by atoms with E-state index in [0.717, 1.165) is 5.56 Å². The van der Waals surface area contributed by atoms with Gasteiger partial charge in [-0.05, 0) is 24.0 Å². The SMILES string of the molecule is O=C(C[C@@H]1CCS(=O)(=O)C1)N/N=C\C=C\c1ccccc1. The molecule has 0 aromatic heterocycles. The van der Waals surface area contributed by atoms with Crippen molar-refractivity contribution in [3.8, 4) is 0 Å². The van der Waals surface area contributed by atoms with Crippen LogP contribution >= 0.6 is 0 Å². The van der Waals surface area contributed by atoms with Crippen LogP contribution in [0.5, 0.6) is 0 Å². The summed E-state index contributed by atoms with van der Waals surface area (Å²) in [6, 6.07) is 9.74. The summed E-state index contributed by atoms with van der Waals surface area (Å²) < 4.78 is 22.6. The molecule has 1 aliphatic rings. The number of amides is 1. The molecule has 6 heteroatoms. The van der Waals surface area contributed by atoms with Crippen LogP contribution in [0.1, 0.15) is 18.4 Å². The average molecular weight is 306 g/mol. The van der Waals surface area contributed by atoms with Crippen LogP contribution in [0, 0.1) is 5.92 Å². The minimum Gasteiger partial charge on any atom is -0.273 e. The van der Waals surface area contributed by atoms with Gasteiger partial charge in [-0.15, -0.1) is 0 Å². The summed E-state index contributed by atoms with van der Waals surface area (Å²) in [7, 11) is -2.93. The predicted molar refractivity (Wildman–Crippen MR) is 83.5 cm³/mol. The van der Waals surface area contributed by atoms with Gasteiger partial charge in [-0.1, -0.05) is 36.4 Å². The molecule has 2 rings (SSSR count). The van der Waals surface area contributed by atoms with E-state index in [1.165, 1.54) is 6.21 Å². The van der Waals surface area contributed by atoms with Crippen molar-refractivity contribution in [1.29, 1.82) is 0 Å². The lowest BCUT2D eigenvalue weighted by molar-refractivity contribution is -0.121. The lowest BCUT2D eigenvalue weighted by Gasteiger charge is -2.04. The van der Waals surface area contributed by atoms with Gasteiger partial charge in [0.15, 0.2) is 9.84 Å². The maximum Gasteiger partial charge on any atom is 0.240 e. The van der Waals surface area contributed by atoms with Crippen molar-refractivity contribution in [2.75, 3.05) is 11.5 Å². The van der Waals surface area contributed by atoms with E-state index in [-0.39, 0.29) is 29.8 Å². The Hall–Kier alpha value is -1.95. The molecule has 1 N–H and O–H groups in total. The van der Waals surface area contributed by atoms with Gasteiger partial charge >= 0.3 is 0 Å². The van der Waals surface area contributed by atoms with Crippen LogP contribution in [-0.2, 0) is 14.6 Å². The molecular formula is C15H18N2O3S. The minimum atomic E-state index is -2.93. The lowest BCUT2D eigenvalue weighted by Crippen LogP contribution is -2.21. The number of hydrogen-bond donors (Lipinski definition) is 1. The van der Waals surface area contributed by atoms with Gasteiger partial charge in [0.2, 0.25) is 5.91 Å². The molecule has 0 unspecified atom stereocenters. The molecule has 0 saturated carbocycles. The van der Waals surface area contributed by atoms with Gasteiger partial charge in [-0.3, -0.25) is 4.79 Å². The maximum absolute atomic E-state index is 11.6. The first kappa shape index (κ1) is 15.4. The first-order valence-electron chi connectivity index (χ1n) is 6.79. The summed E-state index contributed by atoms with van der Waals surface area (Å²) >= 11 is 0. The molecule has 1 atom stereocenters. The molecule has 5 nitrogen and oxygen atoms in total. The molecule has 1 saturated heterocycles. The van der Waals surface area contributed by atoms with Crippen LogP contribution < -0.4 is 5.43 Å². The molecule has 21 heavy (non-hydrogen) atoms. The van der Waals surface area contributed by atoms with E-state index in [4.69, 9.17) is 0 Å². The van der Waals surface area contributed by atoms with E-state index in [1.807, 2.05) is 36.4 Å². The number of hydrazone groups is 1. The molecule has 0 bridgehead atoms. The Morgan fingerprint density at radius 2 is 2.10 bits per heavy atom. The highest BCUT2D eigenvalue weighted by molar-refractivity contribution is 7.91. The van der Waals surface area contributed by atoms with Crippen molar-refractivity contribution in [1.82, 2.24) is 5.43 Å². The second-order valence-corrected chi connectivity index (χ2v) is 7.28. The zero-order valence-electron chi connectivity index (χ0n) is 11.6. The number of rotatable bonds is 5. The molecule has 0 aliphatic carbocycles. The van der Waals surface area contributed by atoms with Crippen LogP contribution in [0.25, 0.3) is 6.08 Å². The van der Waals surface area contributed by atoms with E-state index in [2.05, 4.69) is 10.5 Å². The van der Waals surface area contributed by atoms with Crippen LogP contribution in [0.3, 0.4) is 0 Å². The van der Waals surface area contributed by atoms with Gasteiger partial charge in [0, 0.05) is 12.6 Å². The van der Waals surface area contributed by atoms with Gasteiger partial charge in [0.1, 0.15) is 0 Å². The third kappa shape index (κ3) is 5.51. The van der Waals surface area contributed by atoms with Gasteiger partial charge in [-0.25, -0.2) is 13.8 Å². The van der Waals surface area contributed by atoms with Crippen molar-refractivity contribution in [2.45, 2.75) is 12.8 Å². The highest BCUT2D eigenvalue weighted by atomic mass is 32.2. The summed E-state index contributed by atoms with van der Waals surface area (Å²) in [6.07, 6.45) is 5.87. The lowest BCUT2D eigenvalue weighted by atomic mass is 10.1. The third-order valence-electron chi connectivity index (χ3n) is 3.24. The summed E-state index contributed by atoms with van der Waals surface area (Å²) in [6.45, 7) is 0. The molecule has 112 valence electrons. The monoisotopic (exact) mass is 306 g/mol. The van der Waals surface area contributed by atoms with E-state index in [1.54, 1.807) is 6.08 Å². The Morgan fingerprint density at radius 3 is 2.76 bits per heavy atom. The van der Waals surface area contributed by atoms with Crippen molar-refractivity contribution in [3.05, 3.63) is 42.0 Å². The van der Waals surface area contributed by atoms with Crippen LogP contribution in [0.15, 0.2) is 41.5 Å². The normalized spacial score (nSPS) is 21.0. The van der Waals surface area contributed by atoms with Crippen molar-refractivity contribution in [3.63, 3.8) is 0 Å². The highest BCUT2D eigenvalue weighted by Crippen LogP contribution is 2.21. The molecule has 1 aliphatic heterocycles. The van der Waals surface area contributed by atoms with E-state index >= 15 is 0 Å². The van der Waals surface area contributed by atoms with E-state index in [0.29, 0.717) is 6.42 Å². The number of hydrogen-bond acceptors (Lipinski definition) is 4. The molecule has 0 spiro atoms. The smallest absolute Gasteiger partial charge is 0.240 e. The fourth-order valence-electron chi connectivity index (χ4n) is 2.21. The highest BCUT2D eigenvalue weighted by Gasteiger charge is 2.29. The topological polar surface area (TPSA) is 75.6 Å². The van der Waals surface area contributed by atoms with E-state index < -0.39 is 9.84 Å². The molecular weight excluding hydrogens is 288 g/mol. The number of carbonyl (C=O) groups is 1. The molecule has 1 amide bonds. The summed E-state index contributed by atoms with van der Waals surface area (Å²) in [4.78, 5) is 11.6. The first-order valence-corrected chi connectivity index (χ1v) is 8.61. The molecule has 0 radical (unpaired) electrons. The number of carbonyl (C=O) groups excluding carboxylic acids is 1. The Kier molecular flexibility index (Phi) is 5.27. The molecule has 1 heterocycles.